The van der Waals surface area contributed by atoms with E-state index in [1.54, 1.807) is 0 Å². The zero-order valence-electron chi connectivity index (χ0n) is 14.8. The summed E-state index contributed by atoms with van der Waals surface area (Å²) in [5.74, 6) is 0.0875. The average molecular weight is 393 g/mol. The third-order valence-corrected chi connectivity index (χ3v) is 5.06. The number of carbonyl (C=O) groups excluding carboxylic acids is 4. The average Bonchev–Trinajstić information content (AvgIpc) is 2.56. The molecule has 0 aromatic heterocycles. The van der Waals surface area contributed by atoms with Crippen LogP contribution in [0.25, 0.3) is 0 Å². The number of rotatable bonds is 12. The smallest absolute Gasteiger partial charge is 0.321 e. The first kappa shape index (κ1) is 23.6. The Morgan fingerprint density at radius 3 is 2.04 bits per heavy atom. The molecular formula is C15H28N4O4S2. The van der Waals surface area contributed by atoms with Gasteiger partial charge in [0, 0.05) is 25.3 Å². The highest BCUT2D eigenvalue weighted by molar-refractivity contribution is 8.76. The zero-order chi connectivity index (χ0) is 18.9. The van der Waals surface area contributed by atoms with E-state index in [9.17, 15) is 19.2 Å². The topological polar surface area (TPSA) is 116 Å². The van der Waals surface area contributed by atoms with Crippen LogP contribution in [-0.4, -0.2) is 48.5 Å². The summed E-state index contributed by atoms with van der Waals surface area (Å²) in [4.78, 5) is 45.6. The molecule has 10 heteroatoms. The Kier molecular flexibility index (Phi) is 15.2. The van der Waals surface area contributed by atoms with Crippen molar-refractivity contribution < 1.29 is 19.2 Å². The van der Waals surface area contributed by atoms with E-state index < -0.39 is 12.1 Å². The van der Waals surface area contributed by atoms with Gasteiger partial charge in [-0.2, -0.15) is 0 Å². The maximum atomic E-state index is 11.5. The van der Waals surface area contributed by atoms with Gasteiger partial charge in [-0.1, -0.05) is 48.3 Å². The van der Waals surface area contributed by atoms with E-state index in [2.05, 4.69) is 21.3 Å². The Morgan fingerprint density at radius 1 is 0.760 bits per heavy atom. The highest BCUT2D eigenvalue weighted by atomic mass is 33.1. The molecule has 25 heavy (non-hydrogen) atoms. The van der Waals surface area contributed by atoms with Crippen molar-refractivity contribution in [2.75, 3.05) is 24.6 Å². The molecule has 0 rings (SSSR count). The van der Waals surface area contributed by atoms with E-state index in [1.165, 1.54) is 21.6 Å². The molecule has 0 aliphatic rings. The maximum Gasteiger partial charge on any atom is 0.321 e. The second-order valence-electron chi connectivity index (χ2n) is 5.15. The van der Waals surface area contributed by atoms with Crippen molar-refractivity contribution in [3.63, 3.8) is 0 Å². The minimum Gasteiger partial charge on any atom is -0.338 e. The molecule has 6 amide bonds. The minimum atomic E-state index is -0.502. The van der Waals surface area contributed by atoms with E-state index in [4.69, 9.17) is 0 Å². The fourth-order valence-electron chi connectivity index (χ4n) is 1.57. The Bertz CT molecular complexity index is 436. The van der Waals surface area contributed by atoms with Gasteiger partial charge in [0.1, 0.15) is 0 Å². The van der Waals surface area contributed by atoms with Crippen molar-refractivity contribution in [1.29, 1.82) is 0 Å². The van der Waals surface area contributed by atoms with Crippen molar-refractivity contribution >= 4 is 45.5 Å². The number of nitrogens with one attached hydrogen (secondary N) is 4. The quantitative estimate of drug-likeness (QED) is 0.298. The van der Waals surface area contributed by atoms with Crippen molar-refractivity contribution in [2.45, 2.75) is 46.0 Å². The molecule has 0 radical (unpaired) electrons. The molecule has 0 saturated heterocycles. The molecule has 0 heterocycles. The summed E-state index contributed by atoms with van der Waals surface area (Å²) < 4.78 is 0. The largest absolute Gasteiger partial charge is 0.338 e. The van der Waals surface area contributed by atoms with Crippen LogP contribution in [0.1, 0.15) is 46.0 Å². The van der Waals surface area contributed by atoms with Gasteiger partial charge in [-0.15, -0.1) is 0 Å². The molecule has 0 aromatic rings. The van der Waals surface area contributed by atoms with Gasteiger partial charge in [-0.25, -0.2) is 9.59 Å². The number of carbonyl (C=O) groups is 4. The number of hydrogen-bond donors (Lipinski definition) is 4. The van der Waals surface area contributed by atoms with Crippen LogP contribution >= 0.6 is 21.6 Å². The first-order chi connectivity index (χ1) is 12.0. The zero-order valence-corrected chi connectivity index (χ0v) is 16.4. The van der Waals surface area contributed by atoms with Crippen LogP contribution in [0, 0.1) is 0 Å². The number of amides is 6. The molecule has 0 aliphatic carbocycles. The van der Waals surface area contributed by atoms with Gasteiger partial charge in [0.15, 0.2) is 0 Å². The van der Waals surface area contributed by atoms with Crippen LogP contribution in [0.4, 0.5) is 9.59 Å². The van der Waals surface area contributed by atoms with E-state index in [-0.39, 0.29) is 17.6 Å². The molecule has 8 nitrogen and oxygen atoms in total. The summed E-state index contributed by atoms with van der Waals surface area (Å²) in [5.41, 5.74) is 0. The Balaban J connectivity index is 3.56. The predicted molar refractivity (Wildman–Crippen MR) is 102 cm³/mol. The van der Waals surface area contributed by atoms with Gasteiger partial charge < -0.3 is 10.6 Å². The Morgan fingerprint density at radius 2 is 1.40 bits per heavy atom. The molecule has 4 N–H and O–H groups in total. The fraction of sp³-hybridized carbons (Fsp3) is 0.733. The van der Waals surface area contributed by atoms with Crippen LogP contribution in [0.3, 0.4) is 0 Å². The SMILES string of the molecule is CCCCCC(=O)NC(=O)NCCSSCC(=O)NC(=O)NCCC. The lowest BCUT2D eigenvalue weighted by Crippen LogP contribution is -2.40. The normalized spacial score (nSPS) is 10.0. The van der Waals surface area contributed by atoms with Crippen LogP contribution < -0.4 is 21.3 Å². The predicted octanol–water partition coefficient (Wildman–Crippen LogP) is 2.01. The number of unbranched alkanes of at least 4 members (excludes halogenated alkanes) is 2. The van der Waals surface area contributed by atoms with Gasteiger partial charge in [-0.3, -0.25) is 20.2 Å². The van der Waals surface area contributed by atoms with Gasteiger partial charge >= 0.3 is 12.1 Å². The van der Waals surface area contributed by atoms with Crippen molar-refractivity contribution in [3.8, 4) is 0 Å². The molecule has 0 spiro atoms. The molecule has 0 fully saturated rings. The first-order valence-electron chi connectivity index (χ1n) is 8.39. The molecular weight excluding hydrogens is 364 g/mol. The van der Waals surface area contributed by atoms with Gasteiger partial charge in [0.2, 0.25) is 11.8 Å². The number of hydrogen-bond acceptors (Lipinski definition) is 6. The van der Waals surface area contributed by atoms with Crippen LogP contribution in [-0.2, 0) is 9.59 Å². The lowest BCUT2D eigenvalue weighted by Gasteiger charge is -2.07. The highest BCUT2D eigenvalue weighted by Gasteiger charge is 2.08. The monoisotopic (exact) mass is 392 g/mol. The molecule has 0 unspecified atom stereocenters. The fourth-order valence-corrected chi connectivity index (χ4v) is 3.32. The van der Waals surface area contributed by atoms with E-state index in [0.29, 0.717) is 25.3 Å². The van der Waals surface area contributed by atoms with Gasteiger partial charge in [-0.05, 0) is 12.8 Å². The third kappa shape index (κ3) is 15.8. The van der Waals surface area contributed by atoms with Gasteiger partial charge in [0.25, 0.3) is 0 Å². The van der Waals surface area contributed by atoms with Crippen molar-refractivity contribution in [2.24, 2.45) is 0 Å². The first-order valence-corrected chi connectivity index (χ1v) is 10.9. The van der Waals surface area contributed by atoms with E-state index in [0.717, 1.165) is 25.7 Å². The van der Waals surface area contributed by atoms with E-state index in [1.807, 2.05) is 13.8 Å². The van der Waals surface area contributed by atoms with Crippen molar-refractivity contribution in [1.82, 2.24) is 21.3 Å². The number of urea groups is 2. The minimum absolute atomic E-state index is 0.145. The molecule has 0 saturated carbocycles. The number of imide groups is 2. The summed E-state index contributed by atoms with van der Waals surface area (Å²) in [6.45, 7) is 4.87. The van der Waals surface area contributed by atoms with Crippen LogP contribution in [0.2, 0.25) is 0 Å². The van der Waals surface area contributed by atoms with Crippen molar-refractivity contribution in [3.05, 3.63) is 0 Å². The van der Waals surface area contributed by atoms with Gasteiger partial charge in [0.05, 0.1) is 5.75 Å². The summed E-state index contributed by atoms with van der Waals surface area (Å²) in [6.07, 6.45) is 3.93. The lowest BCUT2D eigenvalue weighted by atomic mass is 10.2. The lowest BCUT2D eigenvalue weighted by molar-refractivity contribution is -0.120. The third-order valence-electron chi connectivity index (χ3n) is 2.79. The van der Waals surface area contributed by atoms with Crippen LogP contribution in [0.5, 0.6) is 0 Å². The standard InChI is InChI=1S/C15H28N4O4S2/c1-3-5-6-7-12(20)18-15(23)17-9-10-24-25-11-13(21)19-14(22)16-8-4-2/h3-11H2,1-2H3,(H2,16,19,21,22)(H2,17,18,20,23). The molecule has 0 aromatic carbocycles. The molecule has 0 aliphatic heterocycles. The summed E-state index contributed by atoms with van der Waals surface area (Å²) >= 11 is 0. The molecule has 0 bridgehead atoms. The van der Waals surface area contributed by atoms with Crippen LogP contribution in [0.15, 0.2) is 0 Å². The van der Waals surface area contributed by atoms with E-state index >= 15 is 0 Å². The second-order valence-corrected chi connectivity index (χ2v) is 7.73. The Hall–Kier alpha value is -1.42. The summed E-state index contributed by atoms with van der Waals surface area (Å²) in [5, 5.41) is 9.63. The second kappa shape index (κ2) is 16.1. The Labute approximate surface area is 156 Å². The molecule has 0 atom stereocenters. The summed E-state index contributed by atoms with van der Waals surface area (Å²) in [6, 6.07) is -0.989. The summed E-state index contributed by atoms with van der Waals surface area (Å²) in [7, 11) is 2.69. The molecule has 144 valence electrons. The maximum absolute atomic E-state index is 11.5. The highest BCUT2D eigenvalue weighted by Crippen LogP contribution is 2.19.